The largest absolute Gasteiger partial charge is 0.496 e. The number of sulfonamides is 1. The molecule has 1 aliphatic rings. The first-order chi connectivity index (χ1) is 17.2. The van der Waals surface area contributed by atoms with E-state index in [9.17, 15) is 13.2 Å². The molecular formula is C26H32N4O4S2. The molecule has 192 valence electrons. The molecule has 0 unspecified atom stereocenters. The van der Waals surface area contributed by atoms with Crippen molar-refractivity contribution in [2.75, 3.05) is 44.5 Å². The number of benzene rings is 2. The van der Waals surface area contributed by atoms with Gasteiger partial charge in [0.2, 0.25) is 5.91 Å². The predicted octanol–water partition coefficient (Wildman–Crippen LogP) is 3.78. The lowest BCUT2D eigenvalue weighted by atomic mass is 10.0. The molecule has 1 aliphatic heterocycles. The van der Waals surface area contributed by atoms with Gasteiger partial charge in [-0.1, -0.05) is 12.1 Å². The summed E-state index contributed by atoms with van der Waals surface area (Å²) in [4.78, 5) is 14.8. The van der Waals surface area contributed by atoms with E-state index in [0.717, 1.165) is 29.1 Å². The Bertz CT molecular complexity index is 1330. The van der Waals surface area contributed by atoms with Crippen molar-refractivity contribution in [3.05, 3.63) is 70.6 Å². The third kappa shape index (κ3) is 5.66. The highest BCUT2D eigenvalue weighted by molar-refractivity contribution is 7.91. The highest BCUT2D eigenvalue weighted by Crippen LogP contribution is 2.32. The van der Waals surface area contributed by atoms with Gasteiger partial charge in [-0.25, -0.2) is 8.42 Å². The first-order valence-electron chi connectivity index (χ1n) is 11.8. The number of carbonyl (C=O) groups is 1. The maximum absolute atomic E-state index is 13.3. The fourth-order valence-electron chi connectivity index (χ4n) is 4.41. The Morgan fingerprint density at radius 1 is 1.14 bits per heavy atom. The van der Waals surface area contributed by atoms with Gasteiger partial charge in [-0.2, -0.15) is 4.31 Å². The molecule has 36 heavy (non-hydrogen) atoms. The number of nitrogens with zero attached hydrogens (tertiary/aromatic N) is 2. The molecule has 8 nitrogen and oxygen atoms in total. The van der Waals surface area contributed by atoms with Gasteiger partial charge in [0.25, 0.3) is 10.0 Å². The number of piperidine rings is 1. The average molecular weight is 529 g/mol. The SMILES string of the molecule is COc1cccc(C(N)=O)c1Cc1ccc(S(=O)(=O)N2CCC(Nc3cccc(N(C)C)c3)CC2)s1. The Kier molecular flexibility index (Phi) is 7.87. The van der Waals surface area contributed by atoms with E-state index in [1.54, 1.807) is 34.6 Å². The number of carbonyl (C=O) groups excluding carboxylic acids is 1. The van der Waals surface area contributed by atoms with Crippen LogP contribution in [0.3, 0.4) is 0 Å². The molecule has 1 aromatic heterocycles. The number of primary amides is 1. The van der Waals surface area contributed by atoms with Crippen LogP contribution in [-0.4, -0.2) is 59.0 Å². The molecule has 1 saturated heterocycles. The Balaban J connectivity index is 1.42. The van der Waals surface area contributed by atoms with Crippen LogP contribution in [0, 0.1) is 0 Å². The summed E-state index contributed by atoms with van der Waals surface area (Å²) in [5.74, 6) is 0.00743. The van der Waals surface area contributed by atoms with Gasteiger partial charge in [0.1, 0.15) is 9.96 Å². The number of nitrogens with one attached hydrogen (secondary N) is 1. The third-order valence-corrected chi connectivity index (χ3v) is 9.84. The lowest BCUT2D eigenvalue weighted by Gasteiger charge is -2.32. The summed E-state index contributed by atoms with van der Waals surface area (Å²) in [6.45, 7) is 0.915. The second kappa shape index (κ2) is 10.9. The van der Waals surface area contributed by atoms with E-state index in [-0.39, 0.29) is 6.04 Å². The van der Waals surface area contributed by atoms with E-state index < -0.39 is 15.9 Å². The lowest BCUT2D eigenvalue weighted by molar-refractivity contribution is 0.0999. The maximum atomic E-state index is 13.3. The number of thiophene rings is 1. The van der Waals surface area contributed by atoms with Crippen molar-refractivity contribution in [2.45, 2.75) is 29.5 Å². The molecule has 0 radical (unpaired) electrons. The van der Waals surface area contributed by atoms with Gasteiger partial charge >= 0.3 is 0 Å². The Morgan fingerprint density at radius 3 is 2.53 bits per heavy atom. The van der Waals surface area contributed by atoms with E-state index in [4.69, 9.17) is 10.5 Å². The van der Waals surface area contributed by atoms with Crippen LogP contribution in [0.2, 0.25) is 0 Å². The summed E-state index contributed by atoms with van der Waals surface area (Å²) < 4.78 is 34.0. The molecule has 2 heterocycles. The van der Waals surface area contributed by atoms with Crippen molar-refractivity contribution >= 4 is 38.6 Å². The molecule has 3 N–H and O–H groups in total. The van der Waals surface area contributed by atoms with E-state index in [1.165, 1.54) is 18.4 Å². The average Bonchev–Trinajstić information content (AvgIpc) is 3.34. The fraction of sp³-hybridized carbons (Fsp3) is 0.346. The molecule has 0 spiro atoms. The van der Waals surface area contributed by atoms with Crippen LogP contribution < -0.4 is 20.7 Å². The molecule has 2 aromatic carbocycles. The molecule has 0 atom stereocenters. The summed E-state index contributed by atoms with van der Waals surface area (Å²) in [6, 6.07) is 17.0. The molecule has 4 rings (SSSR count). The zero-order valence-corrected chi connectivity index (χ0v) is 22.4. The molecule has 10 heteroatoms. The van der Waals surface area contributed by atoms with E-state index in [0.29, 0.717) is 40.6 Å². The van der Waals surface area contributed by atoms with Crippen LogP contribution in [0.4, 0.5) is 11.4 Å². The van der Waals surface area contributed by atoms with Crippen LogP contribution in [0.1, 0.15) is 33.6 Å². The van der Waals surface area contributed by atoms with Crippen molar-refractivity contribution in [1.82, 2.24) is 4.31 Å². The molecule has 1 fully saturated rings. The number of rotatable bonds is 9. The molecule has 0 saturated carbocycles. The normalized spacial score (nSPS) is 15.0. The summed E-state index contributed by atoms with van der Waals surface area (Å²) in [6.07, 6.45) is 1.82. The first kappa shape index (κ1) is 26.0. The van der Waals surface area contributed by atoms with Crippen LogP contribution in [0.15, 0.2) is 58.8 Å². The standard InChI is InChI=1S/C26H32N4O4S2/c1-29(2)20-7-4-6-19(16-20)28-18-12-14-30(15-13-18)36(32,33)25-11-10-21(35-25)17-23-22(26(27)31)8-5-9-24(23)34-3/h4-11,16,18,28H,12-15,17H2,1-3H3,(H2,27,31). The first-order valence-corrected chi connectivity index (χ1v) is 14.0. The van der Waals surface area contributed by atoms with E-state index in [1.807, 2.05) is 26.2 Å². The minimum atomic E-state index is -3.60. The number of ether oxygens (including phenoxy) is 1. The van der Waals surface area contributed by atoms with E-state index in [2.05, 4.69) is 22.3 Å². The number of amides is 1. The fourth-order valence-corrected chi connectivity index (χ4v) is 7.41. The third-order valence-electron chi connectivity index (χ3n) is 6.39. The molecule has 0 bridgehead atoms. The van der Waals surface area contributed by atoms with Crippen molar-refractivity contribution in [3.8, 4) is 5.75 Å². The second-order valence-corrected chi connectivity index (χ2v) is 12.3. The van der Waals surface area contributed by atoms with E-state index >= 15 is 0 Å². The summed E-state index contributed by atoms with van der Waals surface area (Å²) in [7, 11) is 1.95. The number of anilines is 2. The maximum Gasteiger partial charge on any atom is 0.252 e. The zero-order chi connectivity index (χ0) is 25.9. The Morgan fingerprint density at radius 2 is 1.86 bits per heavy atom. The summed E-state index contributed by atoms with van der Waals surface area (Å²) in [5.41, 5.74) is 8.73. The van der Waals surface area contributed by atoms with Crippen molar-refractivity contribution in [2.24, 2.45) is 5.73 Å². The van der Waals surface area contributed by atoms with Crippen LogP contribution in [-0.2, 0) is 16.4 Å². The van der Waals surface area contributed by atoms with Gasteiger partial charge in [0.15, 0.2) is 0 Å². The molecule has 3 aromatic rings. The van der Waals surface area contributed by atoms with Crippen LogP contribution in [0.5, 0.6) is 5.75 Å². The molecule has 1 amide bonds. The zero-order valence-electron chi connectivity index (χ0n) is 20.7. The van der Waals surface area contributed by atoms with Crippen LogP contribution >= 0.6 is 11.3 Å². The monoisotopic (exact) mass is 528 g/mol. The van der Waals surface area contributed by atoms with Gasteiger partial charge in [0, 0.05) is 67.0 Å². The quantitative estimate of drug-likeness (QED) is 0.438. The second-order valence-electron chi connectivity index (χ2n) is 9.02. The highest BCUT2D eigenvalue weighted by Gasteiger charge is 2.30. The van der Waals surface area contributed by atoms with Gasteiger partial charge in [-0.3, -0.25) is 4.79 Å². The molecular weight excluding hydrogens is 496 g/mol. The van der Waals surface area contributed by atoms with Gasteiger partial charge in [-0.15, -0.1) is 11.3 Å². The van der Waals surface area contributed by atoms with Crippen molar-refractivity contribution in [1.29, 1.82) is 0 Å². The smallest absolute Gasteiger partial charge is 0.252 e. The number of hydrogen-bond donors (Lipinski definition) is 2. The summed E-state index contributed by atoms with van der Waals surface area (Å²) in [5, 5.41) is 3.55. The minimum absolute atomic E-state index is 0.213. The summed E-state index contributed by atoms with van der Waals surface area (Å²) >= 11 is 1.22. The number of hydrogen-bond acceptors (Lipinski definition) is 7. The lowest BCUT2D eigenvalue weighted by Crippen LogP contribution is -2.42. The number of methoxy groups -OCH3 is 1. The minimum Gasteiger partial charge on any atom is -0.496 e. The van der Waals surface area contributed by atoms with Gasteiger partial charge < -0.3 is 20.7 Å². The Hall–Kier alpha value is -3.08. The molecule has 0 aliphatic carbocycles. The van der Waals surface area contributed by atoms with Crippen molar-refractivity contribution < 1.29 is 17.9 Å². The number of nitrogens with two attached hydrogens (primary N) is 1. The predicted molar refractivity (Wildman–Crippen MR) is 145 cm³/mol. The van der Waals surface area contributed by atoms with Gasteiger partial charge in [0.05, 0.1) is 7.11 Å². The van der Waals surface area contributed by atoms with Gasteiger partial charge in [-0.05, 0) is 55.3 Å². The van der Waals surface area contributed by atoms with Crippen molar-refractivity contribution in [3.63, 3.8) is 0 Å². The Labute approximate surface area is 216 Å². The highest BCUT2D eigenvalue weighted by atomic mass is 32.2. The topological polar surface area (TPSA) is 105 Å². The van der Waals surface area contributed by atoms with Crippen LogP contribution in [0.25, 0.3) is 0 Å².